The lowest BCUT2D eigenvalue weighted by atomic mass is 9.90. The van der Waals surface area contributed by atoms with Gasteiger partial charge in [0.25, 0.3) is 0 Å². The van der Waals surface area contributed by atoms with Gasteiger partial charge in [-0.25, -0.2) is 8.42 Å². The standard InChI is InChI=1S/C18H24O5S/c1-12(19)23-15-10-16(13-6-2-3-7-13)18(24(20,21)22)17(11-15)14-8-4-5-9-14/h10-11,13-14H,2-9H2,1H3,(H,20,21,22)/p-1. The molecule has 5 nitrogen and oxygen atoms in total. The number of benzene rings is 1. The predicted molar refractivity (Wildman–Crippen MR) is 88.1 cm³/mol. The Morgan fingerprint density at radius 2 is 1.42 bits per heavy atom. The van der Waals surface area contributed by atoms with Crippen LogP contribution in [0, 0.1) is 0 Å². The summed E-state index contributed by atoms with van der Waals surface area (Å²) >= 11 is 0. The van der Waals surface area contributed by atoms with Crippen molar-refractivity contribution in [2.75, 3.05) is 0 Å². The third-order valence-electron chi connectivity index (χ3n) is 5.22. The molecule has 2 aliphatic carbocycles. The highest BCUT2D eigenvalue weighted by Crippen LogP contribution is 2.45. The second-order valence-electron chi connectivity index (χ2n) is 6.94. The van der Waals surface area contributed by atoms with Crippen molar-refractivity contribution in [3.05, 3.63) is 23.3 Å². The minimum absolute atomic E-state index is 0.0443. The summed E-state index contributed by atoms with van der Waals surface area (Å²) in [5.74, 6) is 0.0277. The van der Waals surface area contributed by atoms with Crippen LogP contribution in [0.15, 0.2) is 17.0 Å². The quantitative estimate of drug-likeness (QED) is 0.467. The number of esters is 1. The summed E-state index contributed by atoms with van der Waals surface area (Å²) in [7, 11) is -4.57. The summed E-state index contributed by atoms with van der Waals surface area (Å²) < 4.78 is 41.4. The lowest BCUT2D eigenvalue weighted by molar-refractivity contribution is -0.131. The van der Waals surface area contributed by atoms with Crippen molar-refractivity contribution in [1.29, 1.82) is 0 Å². The van der Waals surface area contributed by atoms with E-state index in [2.05, 4.69) is 0 Å². The van der Waals surface area contributed by atoms with E-state index in [4.69, 9.17) is 4.74 Å². The average Bonchev–Trinajstić information content (AvgIpc) is 3.18. The fourth-order valence-electron chi connectivity index (χ4n) is 4.24. The Morgan fingerprint density at radius 1 is 1.00 bits per heavy atom. The van der Waals surface area contributed by atoms with E-state index in [0.717, 1.165) is 51.4 Å². The van der Waals surface area contributed by atoms with Gasteiger partial charge < -0.3 is 9.29 Å². The van der Waals surface area contributed by atoms with E-state index in [1.807, 2.05) is 0 Å². The SMILES string of the molecule is CC(=O)Oc1cc(C2CCCC2)c(S(=O)(=O)[O-])c(C2CCCC2)c1. The Balaban J connectivity index is 2.19. The Morgan fingerprint density at radius 3 is 1.75 bits per heavy atom. The van der Waals surface area contributed by atoms with Crippen LogP contribution in [0.25, 0.3) is 0 Å². The van der Waals surface area contributed by atoms with Gasteiger partial charge in [0, 0.05) is 6.92 Å². The molecule has 0 aliphatic heterocycles. The Bertz CT molecular complexity index is 689. The van der Waals surface area contributed by atoms with Crippen molar-refractivity contribution in [2.45, 2.75) is 75.0 Å². The molecular formula is C18H23O5S-. The largest absolute Gasteiger partial charge is 0.744 e. The molecular weight excluding hydrogens is 328 g/mol. The van der Waals surface area contributed by atoms with Gasteiger partial charge in [0.2, 0.25) is 0 Å². The third kappa shape index (κ3) is 3.64. The van der Waals surface area contributed by atoms with Crippen LogP contribution in [-0.4, -0.2) is 18.9 Å². The highest BCUT2D eigenvalue weighted by Gasteiger charge is 2.30. The summed E-state index contributed by atoms with van der Waals surface area (Å²) in [5, 5.41) is 0. The summed E-state index contributed by atoms with van der Waals surface area (Å²) in [6.07, 6.45) is 7.59. The topological polar surface area (TPSA) is 83.5 Å². The molecule has 0 N–H and O–H groups in total. The van der Waals surface area contributed by atoms with Gasteiger partial charge in [0.05, 0.1) is 4.90 Å². The lowest BCUT2D eigenvalue weighted by Crippen LogP contribution is -2.13. The zero-order chi connectivity index (χ0) is 17.3. The van der Waals surface area contributed by atoms with E-state index in [1.165, 1.54) is 6.92 Å². The fourth-order valence-corrected chi connectivity index (χ4v) is 5.27. The molecule has 0 unspecified atom stereocenters. The number of rotatable bonds is 4. The smallest absolute Gasteiger partial charge is 0.308 e. The second-order valence-corrected chi connectivity index (χ2v) is 8.26. The molecule has 0 aromatic heterocycles. The maximum atomic E-state index is 12.1. The van der Waals surface area contributed by atoms with Gasteiger partial charge >= 0.3 is 5.97 Å². The molecule has 2 aliphatic rings. The highest BCUT2D eigenvalue weighted by atomic mass is 32.2. The van der Waals surface area contributed by atoms with Gasteiger partial charge in [-0.05, 0) is 60.8 Å². The van der Waals surface area contributed by atoms with Crippen LogP contribution >= 0.6 is 0 Å². The van der Waals surface area contributed by atoms with Crippen molar-refractivity contribution < 1.29 is 22.5 Å². The van der Waals surface area contributed by atoms with E-state index in [-0.39, 0.29) is 16.7 Å². The summed E-state index contributed by atoms with van der Waals surface area (Å²) in [4.78, 5) is 11.3. The molecule has 0 spiro atoms. The zero-order valence-corrected chi connectivity index (χ0v) is 14.7. The van der Waals surface area contributed by atoms with Crippen LogP contribution in [0.3, 0.4) is 0 Å². The monoisotopic (exact) mass is 351 g/mol. The molecule has 6 heteroatoms. The van der Waals surface area contributed by atoms with Crippen molar-refractivity contribution >= 4 is 16.1 Å². The average molecular weight is 351 g/mol. The molecule has 0 amide bonds. The van der Waals surface area contributed by atoms with Gasteiger partial charge in [0.1, 0.15) is 15.9 Å². The number of ether oxygens (including phenoxy) is 1. The first-order valence-electron chi connectivity index (χ1n) is 8.68. The Hall–Kier alpha value is -1.40. The van der Waals surface area contributed by atoms with Crippen LogP contribution in [0.4, 0.5) is 0 Å². The number of carbonyl (C=O) groups excluding carboxylic acids is 1. The van der Waals surface area contributed by atoms with Crippen LogP contribution in [0.1, 0.15) is 81.3 Å². The molecule has 3 rings (SSSR count). The Labute approximate surface area is 143 Å². The minimum Gasteiger partial charge on any atom is -0.744 e. The van der Waals surface area contributed by atoms with Crippen molar-refractivity contribution in [1.82, 2.24) is 0 Å². The first kappa shape index (κ1) is 17.4. The van der Waals surface area contributed by atoms with Crippen molar-refractivity contribution in [3.63, 3.8) is 0 Å². The predicted octanol–water partition coefficient (Wildman–Crippen LogP) is 3.83. The Kier molecular flexibility index (Phi) is 4.97. The highest BCUT2D eigenvalue weighted by molar-refractivity contribution is 7.85. The summed E-state index contributed by atoms with van der Waals surface area (Å²) in [5.41, 5.74) is 1.12. The number of hydrogen-bond donors (Lipinski definition) is 0. The molecule has 0 bridgehead atoms. The third-order valence-corrected chi connectivity index (χ3v) is 6.19. The van der Waals surface area contributed by atoms with Crippen LogP contribution < -0.4 is 4.74 Å². The van der Waals surface area contributed by atoms with Gasteiger partial charge in [-0.3, -0.25) is 4.79 Å². The van der Waals surface area contributed by atoms with Crippen LogP contribution in [0.5, 0.6) is 5.75 Å². The van der Waals surface area contributed by atoms with Gasteiger partial charge in [-0.15, -0.1) is 0 Å². The van der Waals surface area contributed by atoms with E-state index in [9.17, 15) is 17.8 Å². The van der Waals surface area contributed by atoms with Crippen LogP contribution in [-0.2, 0) is 14.9 Å². The minimum atomic E-state index is -4.57. The molecule has 1 aromatic carbocycles. The summed E-state index contributed by atoms with van der Waals surface area (Å²) in [6, 6.07) is 3.20. The maximum Gasteiger partial charge on any atom is 0.308 e. The molecule has 1 aromatic rings. The first-order valence-corrected chi connectivity index (χ1v) is 10.1. The second kappa shape index (κ2) is 6.84. The van der Waals surface area contributed by atoms with E-state index < -0.39 is 16.1 Å². The molecule has 24 heavy (non-hydrogen) atoms. The van der Waals surface area contributed by atoms with Gasteiger partial charge in [-0.1, -0.05) is 25.7 Å². The molecule has 0 radical (unpaired) electrons. The molecule has 0 saturated heterocycles. The van der Waals surface area contributed by atoms with Gasteiger partial charge in [0.15, 0.2) is 0 Å². The molecule has 0 atom stereocenters. The molecule has 132 valence electrons. The van der Waals surface area contributed by atoms with Crippen LogP contribution in [0.2, 0.25) is 0 Å². The number of hydrogen-bond acceptors (Lipinski definition) is 5. The summed E-state index contributed by atoms with van der Waals surface area (Å²) in [6.45, 7) is 1.32. The normalized spacial score (nSPS) is 19.8. The van der Waals surface area contributed by atoms with E-state index >= 15 is 0 Å². The molecule has 0 heterocycles. The van der Waals surface area contributed by atoms with E-state index in [0.29, 0.717) is 16.9 Å². The molecule has 2 fully saturated rings. The van der Waals surface area contributed by atoms with Gasteiger partial charge in [-0.2, -0.15) is 0 Å². The maximum absolute atomic E-state index is 12.1. The number of carbonyl (C=O) groups is 1. The molecule has 2 saturated carbocycles. The lowest BCUT2D eigenvalue weighted by Gasteiger charge is -2.25. The van der Waals surface area contributed by atoms with Crippen molar-refractivity contribution in [2.24, 2.45) is 0 Å². The first-order chi connectivity index (χ1) is 11.4. The zero-order valence-electron chi connectivity index (χ0n) is 13.9. The van der Waals surface area contributed by atoms with Crippen molar-refractivity contribution in [3.8, 4) is 5.75 Å². The fraction of sp³-hybridized carbons (Fsp3) is 0.611. The van der Waals surface area contributed by atoms with E-state index in [1.54, 1.807) is 12.1 Å².